The normalized spacial score (nSPS) is 14.3. The molecule has 5 heteroatoms. The van der Waals surface area contributed by atoms with Crippen molar-refractivity contribution in [2.75, 3.05) is 13.7 Å². The highest BCUT2D eigenvalue weighted by molar-refractivity contribution is 5.80. The quantitative estimate of drug-likeness (QED) is 0.524. The average Bonchev–Trinajstić information content (AvgIpc) is 2.35. The number of carbonyl (C=O) groups is 1. The first-order valence-corrected chi connectivity index (χ1v) is 7.16. The van der Waals surface area contributed by atoms with E-state index in [2.05, 4.69) is 10.5 Å². The summed E-state index contributed by atoms with van der Waals surface area (Å²) in [6, 6.07) is 0. The third-order valence-electron chi connectivity index (χ3n) is 3.21. The molecule has 0 saturated heterocycles. The van der Waals surface area contributed by atoms with Gasteiger partial charge in [0, 0.05) is 19.4 Å². The molecule has 0 bridgehead atoms. The van der Waals surface area contributed by atoms with Gasteiger partial charge in [0.1, 0.15) is 5.60 Å². The van der Waals surface area contributed by atoms with Crippen molar-refractivity contribution < 1.29 is 14.4 Å². The Morgan fingerprint density at radius 1 is 1.30 bits per heavy atom. The van der Waals surface area contributed by atoms with Crippen molar-refractivity contribution in [2.24, 2.45) is 11.1 Å². The fourth-order valence-corrected chi connectivity index (χ4v) is 1.85. The van der Waals surface area contributed by atoms with Crippen LogP contribution in [0, 0.1) is 5.92 Å². The van der Waals surface area contributed by atoms with Crippen LogP contribution in [0.15, 0.2) is 5.16 Å². The van der Waals surface area contributed by atoms with Gasteiger partial charge in [-0.2, -0.15) is 0 Å². The molecule has 0 saturated carbocycles. The van der Waals surface area contributed by atoms with E-state index < -0.39 is 5.60 Å². The third kappa shape index (κ3) is 8.15. The van der Waals surface area contributed by atoms with Crippen LogP contribution in [0.3, 0.4) is 0 Å². The van der Waals surface area contributed by atoms with Crippen molar-refractivity contribution in [1.29, 1.82) is 0 Å². The molecule has 0 heterocycles. The van der Waals surface area contributed by atoms with Gasteiger partial charge in [0.25, 0.3) is 0 Å². The number of nitrogens with zero attached hydrogens (tertiary/aromatic N) is 1. The molecule has 118 valence electrons. The lowest BCUT2D eigenvalue weighted by molar-refractivity contribution is -0.124. The number of amides is 1. The first kappa shape index (κ1) is 18.9. The molecule has 0 aliphatic carbocycles. The standard InChI is InChI=1S/C15H30N2O3/c1-8-12(2)13(18)16-9-10-17-20-15(5,6)11-14(3,4)19-7/h10,12H,8-9,11H2,1-7H3,(H,16,18). The van der Waals surface area contributed by atoms with Crippen LogP contribution in [-0.2, 0) is 14.4 Å². The lowest BCUT2D eigenvalue weighted by Crippen LogP contribution is -2.36. The Morgan fingerprint density at radius 2 is 1.90 bits per heavy atom. The maximum absolute atomic E-state index is 11.5. The van der Waals surface area contributed by atoms with E-state index in [0.717, 1.165) is 6.42 Å². The minimum absolute atomic E-state index is 0.0308. The summed E-state index contributed by atoms with van der Waals surface area (Å²) < 4.78 is 5.38. The molecule has 5 nitrogen and oxygen atoms in total. The first-order valence-electron chi connectivity index (χ1n) is 7.16. The van der Waals surface area contributed by atoms with Gasteiger partial charge < -0.3 is 14.9 Å². The molecule has 0 aliphatic rings. The number of oxime groups is 1. The maximum Gasteiger partial charge on any atom is 0.223 e. The second-order valence-electron chi connectivity index (χ2n) is 6.33. The molecule has 20 heavy (non-hydrogen) atoms. The minimum Gasteiger partial charge on any atom is -0.390 e. The van der Waals surface area contributed by atoms with Gasteiger partial charge in [-0.25, -0.2) is 0 Å². The molecule has 1 amide bonds. The van der Waals surface area contributed by atoms with Crippen LogP contribution in [0.2, 0.25) is 0 Å². The van der Waals surface area contributed by atoms with Gasteiger partial charge in [-0.3, -0.25) is 4.79 Å². The molecule has 1 atom stereocenters. The molecule has 0 rings (SSSR count). The Hall–Kier alpha value is -1.10. The van der Waals surface area contributed by atoms with Gasteiger partial charge in [-0.05, 0) is 34.1 Å². The number of methoxy groups -OCH3 is 1. The van der Waals surface area contributed by atoms with Crippen molar-refractivity contribution >= 4 is 12.1 Å². The van der Waals surface area contributed by atoms with Crippen LogP contribution < -0.4 is 5.32 Å². The maximum atomic E-state index is 11.5. The van der Waals surface area contributed by atoms with E-state index in [0.29, 0.717) is 13.0 Å². The molecule has 0 fully saturated rings. The number of rotatable bonds is 9. The highest BCUT2D eigenvalue weighted by Gasteiger charge is 2.30. The molecule has 0 spiro atoms. The van der Waals surface area contributed by atoms with Crippen LogP contribution in [0.4, 0.5) is 0 Å². The summed E-state index contributed by atoms with van der Waals surface area (Å²) in [5.41, 5.74) is -0.680. The van der Waals surface area contributed by atoms with Crippen molar-refractivity contribution in [3.8, 4) is 0 Å². The summed E-state index contributed by atoms with van der Waals surface area (Å²) in [4.78, 5) is 17.0. The van der Waals surface area contributed by atoms with Crippen molar-refractivity contribution in [1.82, 2.24) is 5.32 Å². The summed E-state index contributed by atoms with van der Waals surface area (Å²) in [6.07, 6.45) is 3.12. The number of carbonyl (C=O) groups excluding carboxylic acids is 1. The van der Waals surface area contributed by atoms with Gasteiger partial charge in [0.05, 0.1) is 18.4 Å². The number of hydrogen-bond donors (Lipinski definition) is 1. The molecular weight excluding hydrogens is 256 g/mol. The highest BCUT2D eigenvalue weighted by Crippen LogP contribution is 2.25. The fourth-order valence-electron chi connectivity index (χ4n) is 1.85. The van der Waals surface area contributed by atoms with E-state index in [1.807, 2.05) is 41.5 Å². The van der Waals surface area contributed by atoms with E-state index >= 15 is 0 Å². The van der Waals surface area contributed by atoms with Gasteiger partial charge >= 0.3 is 0 Å². The van der Waals surface area contributed by atoms with Gasteiger partial charge in [0.2, 0.25) is 5.91 Å². The van der Waals surface area contributed by atoms with E-state index in [-0.39, 0.29) is 17.4 Å². The van der Waals surface area contributed by atoms with Crippen LogP contribution in [0.5, 0.6) is 0 Å². The fraction of sp³-hybridized carbons (Fsp3) is 0.867. The Morgan fingerprint density at radius 3 is 2.40 bits per heavy atom. The second kappa shape index (κ2) is 8.25. The zero-order valence-electron chi connectivity index (χ0n) is 13.9. The summed E-state index contributed by atoms with van der Waals surface area (Å²) in [5, 5.41) is 6.71. The topological polar surface area (TPSA) is 59.9 Å². The molecule has 1 N–H and O–H groups in total. The van der Waals surface area contributed by atoms with E-state index in [1.165, 1.54) is 0 Å². The first-order chi connectivity index (χ1) is 9.13. The average molecular weight is 286 g/mol. The summed E-state index contributed by atoms with van der Waals surface area (Å²) in [6.45, 7) is 12.2. The Labute approximate surface area is 123 Å². The predicted octanol–water partition coefficient (Wildman–Crippen LogP) is 2.74. The largest absolute Gasteiger partial charge is 0.390 e. The van der Waals surface area contributed by atoms with Crippen molar-refractivity contribution in [3.63, 3.8) is 0 Å². The molecule has 0 radical (unpaired) electrons. The van der Waals surface area contributed by atoms with Crippen molar-refractivity contribution in [3.05, 3.63) is 0 Å². The van der Waals surface area contributed by atoms with Gasteiger partial charge in [-0.15, -0.1) is 0 Å². The predicted molar refractivity (Wildman–Crippen MR) is 81.8 cm³/mol. The van der Waals surface area contributed by atoms with Crippen LogP contribution in [-0.4, -0.2) is 37.0 Å². The lowest BCUT2D eigenvalue weighted by Gasteiger charge is -2.31. The summed E-state index contributed by atoms with van der Waals surface area (Å²) in [5.74, 6) is 0.0713. The molecular formula is C15H30N2O3. The van der Waals surface area contributed by atoms with E-state index in [4.69, 9.17) is 9.57 Å². The molecule has 0 aliphatic heterocycles. The lowest BCUT2D eigenvalue weighted by atomic mass is 9.92. The van der Waals surface area contributed by atoms with Crippen LogP contribution in [0.1, 0.15) is 54.4 Å². The van der Waals surface area contributed by atoms with Crippen molar-refractivity contribution in [2.45, 2.75) is 65.6 Å². The zero-order chi connectivity index (χ0) is 15.8. The van der Waals surface area contributed by atoms with Crippen LogP contribution in [0.25, 0.3) is 0 Å². The molecule has 0 aromatic rings. The molecule has 0 aromatic heterocycles. The minimum atomic E-state index is -0.420. The Balaban J connectivity index is 4.08. The number of hydrogen-bond acceptors (Lipinski definition) is 4. The molecule has 0 aromatic carbocycles. The SMILES string of the molecule is CCC(C)C(=O)NCC=NOC(C)(C)CC(C)(C)OC. The highest BCUT2D eigenvalue weighted by atomic mass is 16.6. The number of ether oxygens (including phenoxy) is 1. The third-order valence-corrected chi connectivity index (χ3v) is 3.21. The smallest absolute Gasteiger partial charge is 0.223 e. The van der Waals surface area contributed by atoms with Gasteiger partial charge in [-0.1, -0.05) is 19.0 Å². The monoisotopic (exact) mass is 286 g/mol. The summed E-state index contributed by atoms with van der Waals surface area (Å²) in [7, 11) is 1.68. The summed E-state index contributed by atoms with van der Waals surface area (Å²) >= 11 is 0. The Kier molecular flexibility index (Phi) is 7.79. The van der Waals surface area contributed by atoms with E-state index in [9.17, 15) is 4.79 Å². The zero-order valence-corrected chi connectivity index (χ0v) is 13.9. The van der Waals surface area contributed by atoms with E-state index in [1.54, 1.807) is 13.3 Å². The second-order valence-corrected chi connectivity index (χ2v) is 6.33. The molecule has 1 unspecified atom stereocenters. The Bertz CT molecular complexity index is 325. The van der Waals surface area contributed by atoms with Gasteiger partial charge in [0.15, 0.2) is 0 Å². The van der Waals surface area contributed by atoms with Crippen LogP contribution >= 0.6 is 0 Å². The number of nitrogens with one attached hydrogen (secondary N) is 1.